The maximum atomic E-state index is 7.33. The number of amidine groups is 1. The van der Waals surface area contributed by atoms with Gasteiger partial charge in [0.05, 0.1) is 11.9 Å². The molecule has 5 heteroatoms. The summed E-state index contributed by atoms with van der Waals surface area (Å²) in [5, 5.41) is 7.33. The van der Waals surface area contributed by atoms with Crippen LogP contribution in [0.1, 0.15) is 18.5 Å². The van der Waals surface area contributed by atoms with E-state index in [4.69, 9.17) is 11.1 Å². The molecule has 0 bridgehead atoms. The second kappa shape index (κ2) is 5.35. The second-order valence-electron chi connectivity index (χ2n) is 4.98. The number of nitrogens with two attached hydrogens (primary N) is 1. The first-order valence-corrected chi connectivity index (χ1v) is 6.30. The van der Waals surface area contributed by atoms with Gasteiger partial charge in [-0.25, -0.2) is 0 Å². The Hall–Kier alpha value is -1.62. The third kappa shape index (κ3) is 2.79. The molecule has 18 heavy (non-hydrogen) atoms. The minimum absolute atomic E-state index is 0.0154. The average molecular weight is 247 g/mol. The van der Waals surface area contributed by atoms with Crippen LogP contribution in [0.2, 0.25) is 0 Å². The summed E-state index contributed by atoms with van der Waals surface area (Å²) in [7, 11) is 4.27. The van der Waals surface area contributed by atoms with Gasteiger partial charge in [0.2, 0.25) is 0 Å². The highest BCUT2D eigenvalue weighted by Crippen LogP contribution is 2.20. The van der Waals surface area contributed by atoms with Crippen molar-refractivity contribution in [1.29, 1.82) is 5.41 Å². The Morgan fingerprint density at radius 2 is 2.33 bits per heavy atom. The van der Waals surface area contributed by atoms with E-state index in [1.54, 1.807) is 12.3 Å². The maximum absolute atomic E-state index is 7.33. The standard InChI is InChI=1S/C13H21N5/c1-17-7-3-4-11(9-17)18(2)10-5-6-12(13(14)15)16-8-10/h5-6,8,11H,3-4,7,9H2,1-2H3,(H3,14,15). The molecule has 1 aromatic heterocycles. The lowest BCUT2D eigenvalue weighted by Gasteiger charge is -2.37. The molecule has 1 aromatic rings. The predicted molar refractivity (Wildman–Crippen MR) is 74.2 cm³/mol. The number of nitrogens with one attached hydrogen (secondary N) is 1. The molecule has 0 aliphatic carbocycles. The van der Waals surface area contributed by atoms with Crippen LogP contribution in [-0.2, 0) is 0 Å². The molecule has 2 heterocycles. The van der Waals surface area contributed by atoms with Gasteiger partial charge in [-0.1, -0.05) is 0 Å². The Kier molecular flexibility index (Phi) is 3.81. The number of pyridine rings is 1. The lowest BCUT2D eigenvalue weighted by molar-refractivity contribution is 0.248. The molecular weight excluding hydrogens is 226 g/mol. The topological polar surface area (TPSA) is 69.2 Å². The predicted octanol–water partition coefficient (Wildman–Crippen LogP) is 0.896. The van der Waals surface area contributed by atoms with Crippen LogP contribution in [0, 0.1) is 5.41 Å². The normalized spacial score (nSPS) is 20.7. The van der Waals surface area contributed by atoms with Crippen molar-refractivity contribution < 1.29 is 0 Å². The average Bonchev–Trinajstić information content (AvgIpc) is 2.38. The largest absolute Gasteiger partial charge is 0.382 e. The molecule has 1 unspecified atom stereocenters. The van der Waals surface area contributed by atoms with Crippen molar-refractivity contribution in [3.8, 4) is 0 Å². The zero-order valence-corrected chi connectivity index (χ0v) is 11.1. The van der Waals surface area contributed by atoms with Crippen LogP contribution in [0.4, 0.5) is 5.69 Å². The molecule has 2 rings (SSSR count). The van der Waals surface area contributed by atoms with Crippen LogP contribution in [0.15, 0.2) is 18.3 Å². The minimum atomic E-state index is 0.0154. The molecule has 0 aromatic carbocycles. The van der Waals surface area contributed by atoms with Crippen molar-refractivity contribution in [3.05, 3.63) is 24.0 Å². The molecule has 0 amide bonds. The van der Waals surface area contributed by atoms with Gasteiger partial charge in [-0.3, -0.25) is 10.4 Å². The van der Waals surface area contributed by atoms with E-state index in [2.05, 4.69) is 28.9 Å². The summed E-state index contributed by atoms with van der Waals surface area (Å²) < 4.78 is 0. The Balaban J connectivity index is 2.08. The Morgan fingerprint density at radius 1 is 1.56 bits per heavy atom. The molecule has 98 valence electrons. The smallest absolute Gasteiger partial charge is 0.141 e. The second-order valence-corrected chi connectivity index (χ2v) is 4.98. The van der Waals surface area contributed by atoms with E-state index < -0.39 is 0 Å². The number of likely N-dealkylation sites (tertiary alicyclic amines) is 1. The van der Waals surface area contributed by atoms with Crippen molar-refractivity contribution in [2.24, 2.45) is 5.73 Å². The molecular formula is C13H21N5. The van der Waals surface area contributed by atoms with Crippen molar-refractivity contribution in [2.45, 2.75) is 18.9 Å². The van der Waals surface area contributed by atoms with Gasteiger partial charge in [-0.2, -0.15) is 0 Å². The molecule has 3 N–H and O–H groups in total. The van der Waals surface area contributed by atoms with Crippen molar-refractivity contribution >= 4 is 11.5 Å². The highest BCUT2D eigenvalue weighted by atomic mass is 15.2. The van der Waals surface area contributed by atoms with Gasteiger partial charge in [-0.05, 0) is 38.6 Å². The molecule has 1 fully saturated rings. The van der Waals surface area contributed by atoms with Crippen molar-refractivity contribution in [1.82, 2.24) is 9.88 Å². The zero-order chi connectivity index (χ0) is 13.1. The first-order valence-electron chi connectivity index (χ1n) is 6.30. The number of likely N-dealkylation sites (N-methyl/N-ethyl adjacent to an activating group) is 2. The number of nitrogen functional groups attached to an aromatic ring is 1. The number of hydrogen-bond donors (Lipinski definition) is 2. The van der Waals surface area contributed by atoms with Gasteiger partial charge in [0.1, 0.15) is 11.5 Å². The molecule has 5 nitrogen and oxygen atoms in total. The maximum Gasteiger partial charge on any atom is 0.141 e. The molecule has 0 spiro atoms. The first-order chi connectivity index (χ1) is 8.58. The number of piperidine rings is 1. The van der Waals surface area contributed by atoms with E-state index >= 15 is 0 Å². The molecule has 1 aliphatic rings. The number of hydrogen-bond acceptors (Lipinski definition) is 4. The highest BCUT2D eigenvalue weighted by Gasteiger charge is 2.21. The monoisotopic (exact) mass is 247 g/mol. The third-order valence-electron chi connectivity index (χ3n) is 3.58. The first kappa shape index (κ1) is 12.8. The van der Waals surface area contributed by atoms with Crippen LogP contribution >= 0.6 is 0 Å². The van der Waals surface area contributed by atoms with Crippen LogP contribution in [0.3, 0.4) is 0 Å². The SMILES string of the molecule is CN1CCCC(N(C)c2ccc(C(=N)N)nc2)C1. The fraction of sp³-hybridized carbons (Fsp3) is 0.538. The summed E-state index contributed by atoms with van der Waals surface area (Å²) in [4.78, 5) is 8.84. The number of anilines is 1. The molecule has 0 saturated carbocycles. The van der Waals surface area contributed by atoms with Gasteiger partial charge in [0.25, 0.3) is 0 Å². The van der Waals surface area contributed by atoms with Gasteiger partial charge in [0, 0.05) is 19.6 Å². The van der Waals surface area contributed by atoms with Gasteiger partial charge in [0.15, 0.2) is 0 Å². The van der Waals surface area contributed by atoms with E-state index in [1.807, 2.05) is 6.07 Å². The zero-order valence-electron chi connectivity index (χ0n) is 11.1. The number of aromatic nitrogens is 1. The lowest BCUT2D eigenvalue weighted by Crippen LogP contribution is -2.45. The van der Waals surface area contributed by atoms with E-state index in [9.17, 15) is 0 Å². The third-order valence-corrected chi connectivity index (χ3v) is 3.58. The van der Waals surface area contributed by atoms with E-state index in [0.717, 1.165) is 12.2 Å². The van der Waals surface area contributed by atoms with E-state index in [-0.39, 0.29) is 5.84 Å². The van der Waals surface area contributed by atoms with Gasteiger partial charge in [-0.15, -0.1) is 0 Å². The number of nitrogens with zero attached hydrogens (tertiary/aromatic N) is 3. The minimum Gasteiger partial charge on any atom is -0.382 e. The Bertz CT molecular complexity index is 414. The van der Waals surface area contributed by atoms with Gasteiger partial charge >= 0.3 is 0 Å². The summed E-state index contributed by atoms with van der Waals surface area (Å²) in [6.45, 7) is 2.27. The van der Waals surface area contributed by atoms with Crippen LogP contribution in [0.5, 0.6) is 0 Å². The molecule has 0 radical (unpaired) electrons. The fourth-order valence-corrected chi connectivity index (χ4v) is 2.42. The summed E-state index contributed by atoms with van der Waals surface area (Å²) >= 11 is 0. The quantitative estimate of drug-likeness (QED) is 0.615. The Labute approximate surface area is 108 Å². The van der Waals surface area contributed by atoms with Crippen LogP contribution in [-0.4, -0.2) is 48.9 Å². The van der Waals surface area contributed by atoms with Crippen LogP contribution in [0.25, 0.3) is 0 Å². The summed E-state index contributed by atoms with van der Waals surface area (Å²) in [6.07, 6.45) is 4.26. The summed E-state index contributed by atoms with van der Waals surface area (Å²) in [6, 6.07) is 4.33. The van der Waals surface area contributed by atoms with Crippen LogP contribution < -0.4 is 10.6 Å². The van der Waals surface area contributed by atoms with E-state index in [0.29, 0.717) is 11.7 Å². The van der Waals surface area contributed by atoms with Gasteiger partial charge < -0.3 is 15.5 Å². The van der Waals surface area contributed by atoms with Crippen molar-refractivity contribution in [2.75, 3.05) is 32.1 Å². The lowest BCUT2D eigenvalue weighted by atomic mass is 10.0. The molecule has 1 aliphatic heterocycles. The van der Waals surface area contributed by atoms with Crippen molar-refractivity contribution in [3.63, 3.8) is 0 Å². The van der Waals surface area contributed by atoms with E-state index in [1.165, 1.54) is 19.4 Å². The summed E-state index contributed by atoms with van der Waals surface area (Å²) in [5.74, 6) is 0.0154. The Morgan fingerprint density at radius 3 is 2.89 bits per heavy atom. The molecule has 1 atom stereocenters. The summed E-state index contributed by atoms with van der Waals surface area (Å²) in [5.41, 5.74) is 7.02. The number of rotatable bonds is 3. The fourth-order valence-electron chi connectivity index (χ4n) is 2.42. The molecule has 1 saturated heterocycles. The highest BCUT2D eigenvalue weighted by molar-refractivity contribution is 5.93.